The van der Waals surface area contributed by atoms with Crippen LogP contribution in [0.2, 0.25) is 0 Å². The van der Waals surface area contributed by atoms with Gasteiger partial charge >= 0.3 is 0 Å². The number of aryl methyl sites for hydroxylation is 1. The lowest BCUT2D eigenvalue weighted by atomic mass is 10.2. The van der Waals surface area contributed by atoms with E-state index >= 15 is 0 Å². The van der Waals surface area contributed by atoms with Crippen LogP contribution in [0.25, 0.3) is 0 Å². The van der Waals surface area contributed by atoms with Gasteiger partial charge in [0.25, 0.3) is 0 Å². The summed E-state index contributed by atoms with van der Waals surface area (Å²) < 4.78 is 1.81. The maximum atomic E-state index is 10.9. The van der Waals surface area contributed by atoms with Gasteiger partial charge < -0.3 is 4.90 Å². The number of nitrogens with zero attached hydrogens (tertiary/aromatic N) is 3. The van der Waals surface area contributed by atoms with Crippen molar-refractivity contribution >= 4 is 5.91 Å². The summed E-state index contributed by atoms with van der Waals surface area (Å²) in [5.41, 5.74) is 3.37. The summed E-state index contributed by atoms with van der Waals surface area (Å²) in [6, 6.07) is 0. The predicted molar refractivity (Wildman–Crippen MR) is 70.3 cm³/mol. The van der Waals surface area contributed by atoms with E-state index in [1.165, 1.54) is 5.56 Å². The van der Waals surface area contributed by atoms with Crippen molar-refractivity contribution in [3.63, 3.8) is 0 Å². The Morgan fingerprint density at radius 2 is 2.28 bits per heavy atom. The van der Waals surface area contributed by atoms with Gasteiger partial charge in [-0.2, -0.15) is 5.10 Å². The average molecular weight is 253 g/mol. The Morgan fingerprint density at radius 3 is 2.89 bits per heavy atom. The van der Waals surface area contributed by atoms with Gasteiger partial charge in [0.05, 0.1) is 6.20 Å². The Morgan fingerprint density at radius 1 is 1.50 bits per heavy atom. The van der Waals surface area contributed by atoms with E-state index in [9.17, 15) is 4.79 Å². The fourth-order valence-electron chi connectivity index (χ4n) is 1.86. The van der Waals surface area contributed by atoms with Crippen molar-refractivity contribution in [2.24, 2.45) is 12.9 Å². The molecule has 1 aromatic rings. The Hall–Kier alpha value is -1.40. The van der Waals surface area contributed by atoms with Gasteiger partial charge in [0.15, 0.2) is 0 Å². The summed E-state index contributed by atoms with van der Waals surface area (Å²) >= 11 is 0. The van der Waals surface area contributed by atoms with Crippen molar-refractivity contribution in [1.82, 2.24) is 20.1 Å². The van der Waals surface area contributed by atoms with Crippen molar-refractivity contribution in [2.45, 2.75) is 32.2 Å². The topological polar surface area (TPSA) is 76.2 Å². The third-order valence-corrected chi connectivity index (χ3v) is 2.82. The zero-order valence-corrected chi connectivity index (χ0v) is 11.2. The first-order valence-electron chi connectivity index (χ1n) is 6.27. The summed E-state index contributed by atoms with van der Waals surface area (Å²) in [4.78, 5) is 13.2. The number of carbonyl (C=O) groups is 1. The largest absolute Gasteiger partial charge is 0.302 e. The number of nitrogens with one attached hydrogen (secondary N) is 1. The van der Waals surface area contributed by atoms with E-state index in [-0.39, 0.29) is 5.91 Å². The second-order valence-corrected chi connectivity index (χ2v) is 4.64. The monoisotopic (exact) mass is 253 g/mol. The zero-order chi connectivity index (χ0) is 13.4. The molecule has 0 fully saturated rings. The smallest absolute Gasteiger partial charge is 0.233 e. The standard InChI is InChI=1S/C12H23N5O/c1-16(9-11-8-14-17(2)10-11)7-5-3-4-6-12(18)15-13/h8,10H,3-7,9,13H2,1-2H3,(H,15,18). The Labute approximate surface area is 108 Å². The first-order chi connectivity index (χ1) is 8.61. The van der Waals surface area contributed by atoms with E-state index < -0.39 is 0 Å². The first kappa shape index (κ1) is 14.7. The molecule has 0 bridgehead atoms. The average Bonchev–Trinajstić information content (AvgIpc) is 2.73. The molecule has 0 saturated carbocycles. The van der Waals surface area contributed by atoms with Gasteiger partial charge in [-0.3, -0.25) is 14.9 Å². The maximum absolute atomic E-state index is 10.9. The second kappa shape index (κ2) is 7.84. The third-order valence-electron chi connectivity index (χ3n) is 2.82. The van der Waals surface area contributed by atoms with Gasteiger partial charge in [0.2, 0.25) is 5.91 Å². The van der Waals surface area contributed by atoms with Gasteiger partial charge in [-0.15, -0.1) is 0 Å². The van der Waals surface area contributed by atoms with Gasteiger partial charge in [-0.1, -0.05) is 6.42 Å². The molecule has 0 spiro atoms. The molecule has 18 heavy (non-hydrogen) atoms. The van der Waals surface area contributed by atoms with E-state index in [2.05, 4.69) is 22.5 Å². The minimum Gasteiger partial charge on any atom is -0.302 e. The van der Waals surface area contributed by atoms with Crippen LogP contribution in [0.4, 0.5) is 0 Å². The van der Waals surface area contributed by atoms with Crippen LogP contribution in [-0.4, -0.2) is 34.2 Å². The van der Waals surface area contributed by atoms with Crippen molar-refractivity contribution in [2.75, 3.05) is 13.6 Å². The highest BCUT2D eigenvalue weighted by Crippen LogP contribution is 2.05. The third kappa shape index (κ3) is 5.79. The van der Waals surface area contributed by atoms with Crippen LogP contribution in [0, 0.1) is 0 Å². The highest BCUT2D eigenvalue weighted by molar-refractivity contribution is 5.74. The molecule has 0 unspecified atom stereocenters. The van der Waals surface area contributed by atoms with Crippen LogP contribution >= 0.6 is 0 Å². The van der Waals surface area contributed by atoms with Crippen LogP contribution in [0.5, 0.6) is 0 Å². The van der Waals surface area contributed by atoms with Gasteiger partial charge in [-0.25, -0.2) is 5.84 Å². The molecule has 1 rings (SSSR count). The van der Waals surface area contributed by atoms with E-state index in [0.717, 1.165) is 32.4 Å². The molecular weight excluding hydrogens is 230 g/mol. The van der Waals surface area contributed by atoms with Crippen LogP contribution in [0.1, 0.15) is 31.2 Å². The molecule has 0 radical (unpaired) electrons. The lowest BCUT2D eigenvalue weighted by Gasteiger charge is -2.15. The Kier molecular flexibility index (Phi) is 6.38. The number of aromatic nitrogens is 2. The number of hydrazine groups is 1. The summed E-state index contributed by atoms with van der Waals surface area (Å²) in [6.45, 7) is 1.94. The van der Waals surface area contributed by atoms with E-state index in [4.69, 9.17) is 5.84 Å². The van der Waals surface area contributed by atoms with Crippen molar-refractivity contribution in [3.8, 4) is 0 Å². The molecule has 102 valence electrons. The fraction of sp³-hybridized carbons (Fsp3) is 0.667. The normalized spacial score (nSPS) is 10.9. The summed E-state index contributed by atoms with van der Waals surface area (Å²) in [5, 5.41) is 4.14. The van der Waals surface area contributed by atoms with Crippen LogP contribution < -0.4 is 11.3 Å². The minimum atomic E-state index is -0.0845. The highest BCUT2D eigenvalue weighted by atomic mass is 16.2. The van der Waals surface area contributed by atoms with E-state index in [1.54, 1.807) is 0 Å². The van der Waals surface area contributed by atoms with Crippen molar-refractivity contribution < 1.29 is 4.79 Å². The van der Waals surface area contributed by atoms with Crippen LogP contribution in [-0.2, 0) is 18.4 Å². The molecule has 1 aromatic heterocycles. The molecule has 3 N–H and O–H groups in total. The summed E-state index contributed by atoms with van der Waals surface area (Å²) in [5.74, 6) is 4.92. The molecule has 0 aliphatic heterocycles. The minimum absolute atomic E-state index is 0.0845. The molecule has 0 aliphatic carbocycles. The molecule has 6 nitrogen and oxygen atoms in total. The van der Waals surface area contributed by atoms with E-state index in [1.807, 2.05) is 24.1 Å². The maximum Gasteiger partial charge on any atom is 0.233 e. The van der Waals surface area contributed by atoms with Crippen molar-refractivity contribution in [3.05, 3.63) is 18.0 Å². The van der Waals surface area contributed by atoms with Gasteiger partial charge in [-0.05, 0) is 26.4 Å². The second-order valence-electron chi connectivity index (χ2n) is 4.64. The van der Waals surface area contributed by atoms with E-state index in [0.29, 0.717) is 6.42 Å². The van der Waals surface area contributed by atoms with Crippen molar-refractivity contribution in [1.29, 1.82) is 0 Å². The number of rotatable bonds is 8. The lowest BCUT2D eigenvalue weighted by molar-refractivity contribution is -0.121. The number of hydrogen-bond donors (Lipinski definition) is 2. The number of hydrogen-bond acceptors (Lipinski definition) is 4. The van der Waals surface area contributed by atoms with Gasteiger partial charge in [0, 0.05) is 31.8 Å². The number of amides is 1. The summed E-state index contributed by atoms with van der Waals surface area (Å²) in [6.07, 6.45) is 7.47. The number of nitrogens with two attached hydrogens (primary N) is 1. The molecule has 0 aromatic carbocycles. The zero-order valence-electron chi connectivity index (χ0n) is 11.2. The first-order valence-corrected chi connectivity index (χ1v) is 6.27. The number of carbonyl (C=O) groups excluding carboxylic acids is 1. The number of unbranched alkanes of at least 4 members (excludes halogenated alkanes) is 2. The molecule has 1 amide bonds. The fourth-order valence-corrected chi connectivity index (χ4v) is 1.86. The molecule has 0 aliphatic rings. The Balaban J connectivity index is 2.07. The summed E-state index contributed by atoms with van der Waals surface area (Å²) in [7, 11) is 4.02. The molecular formula is C12H23N5O. The lowest BCUT2D eigenvalue weighted by Crippen LogP contribution is -2.29. The SMILES string of the molecule is CN(CCCCCC(=O)NN)Cc1cnn(C)c1. The molecule has 6 heteroatoms. The van der Waals surface area contributed by atoms with Crippen LogP contribution in [0.15, 0.2) is 12.4 Å². The molecule has 0 atom stereocenters. The molecule has 1 heterocycles. The Bertz CT molecular complexity index is 363. The predicted octanol–water partition coefficient (Wildman–Crippen LogP) is 0.402. The van der Waals surface area contributed by atoms with Gasteiger partial charge in [0.1, 0.15) is 0 Å². The highest BCUT2D eigenvalue weighted by Gasteiger charge is 2.03. The quantitative estimate of drug-likeness (QED) is 0.304. The molecule has 0 saturated heterocycles. The van der Waals surface area contributed by atoms with Crippen LogP contribution in [0.3, 0.4) is 0 Å².